The molecule has 0 aliphatic heterocycles. The van der Waals surface area contributed by atoms with E-state index >= 15 is 0 Å². The Labute approximate surface area is 120 Å². The minimum atomic E-state index is -0.633. The maximum atomic E-state index is 13.2. The maximum absolute atomic E-state index is 13.2. The first-order valence-electron chi connectivity index (χ1n) is 6.26. The predicted molar refractivity (Wildman–Crippen MR) is 74.8 cm³/mol. The van der Waals surface area contributed by atoms with Crippen LogP contribution in [0.25, 0.3) is 0 Å². The van der Waals surface area contributed by atoms with E-state index in [-0.39, 0.29) is 23.4 Å². The van der Waals surface area contributed by atoms with Gasteiger partial charge in [0.2, 0.25) is 11.6 Å². The van der Waals surface area contributed by atoms with E-state index in [9.17, 15) is 14.5 Å². The minimum Gasteiger partial charge on any atom is -0.432 e. The summed E-state index contributed by atoms with van der Waals surface area (Å²) in [4.78, 5) is 14.3. The van der Waals surface area contributed by atoms with E-state index in [1.807, 2.05) is 14.0 Å². The Morgan fingerprint density at radius 3 is 2.71 bits per heavy atom. The molecule has 1 aromatic heterocycles. The first-order valence-corrected chi connectivity index (χ1v) is 6.26. The molecule has 2 rings (SSSR count). The summed E-state index contributed by atoms with van der Waals surface area (Å²) in [7, 11) is 1.82. The number of rotatable bonds is 5. The van der Waals surface area contributed by atoms with Crippen LogP contribution >= 0.6 is 0 Å². The van der Waals surface area contributed by atoms with Crippen molar-refractivity contribution in [2.75, 3.05) is 7.05 Å². The van der Waals surface area contributed by atoms with Gasteiger partial charge in [-0.3, -0.25) is 10.1 Å². The molecule has 0 fully saturated rings. The van der Waals surface area contributed by atoms with Gasteiger partial charge in [0.25, 0.3) is 0 Å². The molecule has 0 saturated carbocycles. The zero-order chi connectivity index (χ0) is 15.4. The molecular formula is C14H14FN3O3. The number of hydrogen-bond donors (Lipinski definition) is 1. The van der Waals surface area contributed by atoms with E-state index in [0.29, 0.717) is 0 Å². The zero-order valence-electron chi connectivity index (χ0n) is 11.5. The predicted octanol–water partition coefficient (Wildman–Crippen LogP) is 3.20. The van der Waals surface area contributed by atoms with Crippen LogP contribution in [0.15, 0.2) is 36.5 Å². The first-order chi connectivity index (χ1) is 10.0. The van der Waals surface area contributed by atoms with E-state index in [1.54, 1.807) is 18.3 Å². The molecule has 0 aliphatic carbocycles. The quantitative estimate of drug-likeness (QED) is 0.676. The van der Waals surface area contributed by atoms with Gasteiger partial charge in [-0.05, 0) is 25.6 Å². The van der Waals surface area contributed by atoms with Crippen molar-refractivity contribution in [1.82, 2.24) is 10.3 Å². The number of nitrogens with one attached hydrogen (secondary N) is 1. The van der Waals surface area contributed by atoms with Crippen LogP contribution in [0.3, 0.4) is 0 Å². The summed E-state index contributed by atoms with van der Waals surface area (Å²) >= 11 is 0. The highest BCUT2D eigenvalue weighted by atomic mass is 19.1. The highest BCUT2D eigenvalue weighted by Gasteiger charge is 2.17. The van der Waals surface area contributed by atoms with Crippen LogP contribution in [-0.2, 0) is 0 Å². The lowest BCUT2D eigenvalue weighted by molar-refractivity contribution is -0.385. The van der Waals surface area contributed by atoms with Crippen molar-refractivity contribution >= 4 is 5.69 Å². The normalized spacial score (nSPS) is 12.0. The topological polar surface area (TPSA) is 77.3 Å². The number of halogens is 1. The van der Waals surface area contributed by atoms with Gasteiger partial charge in [-0.15, -0.1) is 0 Å². The molecule has 1 unspecified atom stereocenters. The molecule has 0 bridgehead atoms. The average molecular weight is 291 g/mol. The van der Waals surface area contributed by atoms with Crippen LogP contribution in [0.4, 0.5) is 10.1 Å². The third kappa shape index (κ3) is 3.51. The third-order valence-electron chi connectivity index (χ3n) is 3.03. The van der Waals surface area contributed by atoms with Crippen molar-refractivity contribution in [3.8, 4) is 11.6 Å². The minimum absolute atomic E-state index is 0.120. The van der Waals surface area contributed by atoms with Crippen molar-refractivity contribution in [2.24, 2.45) is 0 Å². The average Bonchev–Trinajstić information content (AvgIpc) is 2.47. The Hall–Kier alpha value is -2.54. The highest BCUT2D eigenvalue weighted by molar-refractivity contribution is 5.47. The number of benzene rings is 1. The van der Waals surface area contributed by atoms with Crippen molar-refractivity contribution in [3.05, 3.63) is 58.0 Å². The molecule has 2 aromatic rings. The van der Waals surface area contributed by atoms with Gasteiger partial charge in [0.1, 0.15) is 5.82 Å². The van der Waals surface area contributed by atoms with E-state index in [1.165, 1.54) is 0 Å². The van der Waals surface area contributed by atoms with Crippen molar-refractivity contribution in [3.63, 3.8) is 0 Å². The Bertz CT molecular complexity index is 646. The Morgan fingerprint density at radius 1 is 1.38 bits per heavy atom. The molecule has 6 nitrogen and oxygen atoms in total. The van der Waals surface area contributed by atoms with Crippen LogP contribution in [0.1, 0.15) is 18.5 Å². The summed E-state index contributed by atoms with van der Waals surface area (Å²) in [6.45, 7) is 1.97. The molecule has 0 aliphatic rings. The molecule has 0 radical (unpaired) electrons. The van der Waals surface area contributed by atoms with Gasteiger partial charge in [0, 0.05) is 30.4 Å². The standard InChI is InChI=1S/C14H14FN3O3/c1-9(16-2)10-3-6-14(17-8-10)21-13-7-11(15)4-5-12(13)18(19)20/h3-9,16H,1-2H3. The van der Waals surface area contributed by atoms with E-state index in [4.69, 9.17) is 4.74 Å². The largest absolute Gasteiger partial charge is 0.432 e. The van der Waals surface area contributed by atoms with Gasteiger partial charge in [-0.25, -0.2) is 9.37 Å². The molecule has 1 aromatic carbocycles. The lowest BCUT2D eigenvalue weighted by Gasteiger charge is -2.11. The van der Waals surface area contributed by atoms with E-state index < -0.39 is 10.7 Å². The van der Waals surface area contributed by atoms with Crippen LogP contribution in [-0.4, -0.2) is 17.0 Å². The fraction of sp³-hybridized carbons (Fsp3) is 0.214. The Morgan fingerprint density at radius 2 is 2.14 bits per heavy atom. The number of nitrogens with zero attached hydrogens (tertiary/aromatic N) is 2. The Balaban J connectivity index is 2.26. The van der Waals surface area contributed by atoms with Gasteiger partial charge in [-0.2, -0.15) is 0 Å². The number of ether oxygens (including phenoxy) is 1. The molecule has 1 N–H and O–H groups in total. The number of aromatic nitrogens is 1. The second kappa shape index (κ2) is 6.27. The van der Waals surface area contributed by atoms with Crippen molar-refractivity contribution in [1.29, 1.82) is 0 Å². The fourth-order valence-electron chi connectivity index (χ4n) is 1.71. The molecule has 1 atom stereocenters. The molecule has 1 heterocycles. The van der Waals surface area contributed by atoms with Crippen LogP contribution in [0.5, 0.6) is 11.6 Å². The number of pyridine rings is 1. The molecule has 0 amide bonds. The van der Waals surface area contributed by atoms with Gasteiger partial charge in [0.15, 0.2) is 0 Å². The SMILES string of the molecule is CNC(C)c1ccc(Oc2cc(F)ccc2[N+](=O)[O-])nc1. The summed E-state index contributed by atoms with van der Waals surface area (Å²) in [5.41, 5.74) is 0.629. The van der Waals surface area contributed by atoms with Crippen molar-refractivity contribution in [2.45, 2.75) is 13.0 Å². The summed E-state index contributed by atoms with van der Waals surface area (Å²) < 4.78 is 18.5. The summed E-state index contributed by atoms with van der Waals surface area (Å²) in [5, 5.41) is 13.9. The number of nitro groups is 1. The molecule has 110 valence electrons. The molecular weight excluding hydrogens is 277 g/mol. The second-order valence-electron chi connectivity index (χ2n) is 4.41. The number of nitro benzene ring substituents is 1. The van der Waals surface area contributed by atoms with Gasteiger partial charge < -0.3 is 10.1 Å². The molecule has 7 heteroatoms. The van der Waals surface area contributed by atoms with E-state index in [2.05, 4.69) is 10.3 Å². The molecule has 0 saturated heterocycles. The maximum Gasteiger partial charge on any atom is 0.311 e. The zero-order valence-corrected chi connectivity index (χ0v) is 11.5. The van der Waals surface area contributed by atoms with Gasteiger partial charge >= 0.3 is 5.69 Å². The van der Waals surface area contributed by atoms with E-state index in [0.717, 1.165) is 23.8 Å². The Kier molecular flexibility index (Phi) is 4.44. The number of hydrogen-bond acceptors (Lipinski definition) is 5. The summed E-state index contributed by atoms with van der Waals surface area (Å²) in [5.74, 6) is -0.631. The van der Waals surface area contributed by atoms with Crippen molar-refractivity contribution < 1.29 is 14.1 Å². The van der Waals surface area contributed by atoms with Gasteiger partial charge in [0.05, 0.1) is 4.92 Å². The molecule has 21 heavy (non-hydrogen) atoms. The smallest absolute Gasteiger partial charge is 0.311 e. The highest BCUT2D eigenvalue weighted by Crippen LogP contribution is 2.31. The van der Waals surface area contributed by atoms with Crippen LogP contribution < -0.4 is 10.1 Å². The second-order valence-corrected chi connectivity index (χ2v) is 4.41. The van der Waals surface area contributed by atoms with Gasteiger partial charge in [-0.1, -0.05) is 6.07 Å². The lowest BCUT2D eigenvalue weighted by atomic mass is 10.1. The first kappa shape index (κ1) is 14.9. The lowest BCUT2D eigenvalue weighted by Crippen LogP contribution is -2.12. The monoisotopic (exact) mass is 291 g/mol. The van der Waals surface area contributed by atoms with Crippen LogP contribution in [0, 0.1) is 15.9 Å². The van der Waals surface area contributed by atoms with Crippen LogP contribution in [0.2, 0.25) is 0 Å². The fourth-order valence-corrected chi connectivity index (χ4v) is 1.71. The third-order valence-corrected chi connectivity index (χ3v) is 3.03. The summed E-state index contributed by atoms with van der Waals surface area (Å²) in [6, 6.07) is 6.52. The molecule has 0 spiro atoms. The summed E-state index contributed by atoms with van der Waals surface area (Å²) in [6.07, 6.45) is 1.60.